The minimum atomic E-state index is 0.724. The molecule has 0 aliphatic carbocycles. The van der Waals surface area contributed by atoms with Gasteiger partial charge in [-0.2, -0.15) is 5.10 Å². The maximum Gasteiger partial charge on any atom is 0.0738 e. The smallest absolute Gasteiger partial charge is 0.0738 e. The summed E-state index contributed by atoms with van der Waals surface area (Å²) in [4.78, 5) is 0. The standard InChI is InChI=1S/C12H13Br2N3/c1-7-12(14)8(2)17(16-7)6-9-3-10(13)5-11(15)4-9/h3-5H,6,15H2,1-2H3. The molecule has 0 radical (unpaired) electrons. The van der Waals surface area contributed by atoms with Gasteiger partial charge >= 0.3 is 0 Å². The van der Waals surface area contributed by atoms with E-state index >= 15 is 0 Å². The molecule has 3 nitrogen and oxygen atoms in total. The Hall–Kier alpha value is -0.810. The van der Waals surface area contributed by atoms with Crippen LogP contribution in [0.2, 0.25) is 0 Å². The molecule has 1 heterocycles. The molecule has 0 bridgehead atoms. The minimum absolute atomic E-state index is 0.724. The Kier molecular flexibility index (Phi) is 3.58. The first kappa shape index (κ1) is 12.6. The van der Waals surface area contributed by atoms with Crippen LogP contribution in [-0.4, -0.2) is 9.78 Å². The SMILES string of the molecule is Cc1nn(Cc2cc(N)cc(Br)c2)c(C)c1Br. The molecule has 0 spiro atoms. The number of hydrogen-bond donors (Lipinski definition) is 1. The number of rotatable bonds is 2. The summed E-state index contributed by atoms with van der Waals surface area (Å²) in [5, 5.41) is 4.48. The minimum Gasteiger partial charge on any atom is -0.399 e. The van der Waals surface area contributed by atoms with Crippen LogP contribution in [0.3, 0.4) is 0 Å². The number of hydrogen-bond acceptors (Lipinski definition) is 2. The van der Waals surface area contributed by atoms with Gasteiger partial charge in [0.15, 0.2) is 0 Å². The number of nitrogen functional groups attached to an aromatic ring is 1. The topological polar surface area (TPSA) is 43.8 Å². The molecular formula is C12H13Br2N3. The Morgan fingerprint density at radius 2 is 1.94 bits per heavy atom. The van der Waals surface area contributed by atoms with Crippen molar-refractivity contribution in [2.24, 2.45) is 0 Å². The quantitative estimate of drug-likeness (QED) is 0.832. The van der Waals surface area contributed by atoms with Crippen LogP contribution in [-0.2, 0) is 6.54 Å². The maximum atomic E-state index is 5.82. The fraction of sp³-hybridized carbons (Fsp3) is 0.250. The van der Waals surface area contributed by atoms with Crippen LogP contribution in [0.4, 0.5) is 5.69 Å². The fourth-order valence-corrected chi connectivity index (χ4v) is 2.61. The van der Waals surface area contributed by atoms with Gasteiger partial charge in [0.1, 0.15) is 0 Å². The van der Waals surface area contributed by atoms with Gasteiger partial charge in [-0.3, -0.25) is 4.68 Å². The molecule has 17 heavy (non-hydrogen) atoms. The summed E-state index contributed by atoms with van der Waals surface area (Å²) in [5.41, 5.74) is 9.84. The van der Waals surface area contributed by atoms with E-state index in [1.165, 1.54) is 0 Å². The van der Waals surface area contributed by atoms with Crippen molar-refractivity contribution in [1.29, 1.82) is 0 Å². The summed E-state index contributed by atoms with van der Waals surface area (Å²) in [6.07, 6.45) is 0. The van der Waals surface area contributed by atoms with Gasteiger partial charge in [0, 0.05) is 10.2 Å². The predicted octanol–water partition coefficient (Wildman–Crippen LogP) is 3.66. The zero-order valence-corrected chi connectivity index (χ0v) is 12.8. The average molecular weight is 359 g/mol. The maximum absolute atomic E-state index is 5.82. The Balaban J connectivity index is 2.34. The molecule has 0 fully saturated rings. The van der Waals surface area contributed by atoms with E-state index in [2.05, 4.69) is 43.0 Å². The van der Waals surface area contributed by atoms with Crippen molar-refractivity contribution in [2.45, 2.75) is 20.4 Å². The molecule has 0 saturated carbocycles. The van der Waals surface area contributed by atoms with Gasteiger partial charge in [0.2, 0.25) is 0 Å². The molecule has 1 aromatic heterocycles. The van der Waals surface area contributed by atoms with E-state index in [0.29, 0.717) is 0 Å². The van der Waals surface area contributed by atoms with Crippen LogP contribution in [0.1, 0.15) is 17.0 Å². The molecule has 0 unspecified atom stereocenters. The Labute approximate surface area is 117 Å². The van der Waals surface area contributed by atoms with Crippen molar-refractivity contribution in [2.75, 3.05) is 5.73 Å². The van der Waals surface area contributed by atoms with E-state index in [1.54, 1.807) is 0 Å². The van der Waals surface area contributed by atoms with Crippen LogP contribution in [0, 0.1) is 13.8 Å². The predicted molar refractivity (Wildman–Crippen MR) is 77.1 cm³/mol. The van der Waals surface area contributed by atoms with Crippen LogP contribution < -0.4 is 5.73 Å². The third-order valence-corrected chi connectivity index (χ3v) is 4.21. The summed E-state index contributed by atoms with van der Waals surface area (Å²) in [7, 11) is 0. The van der Waals surface area contributed by atoms with E-state index in [1.807, 2.05) is 30.7 Å². The highest BCUT2D eigenvalue weighted by atomic mass is 79.9. The zero-order valence-electron chi connectivity index (χ0n) is 9.67. The second kappa shape index (κ2) is 4.82. The Morgan fingerprint density at radius 3 is 2.47 bits per heavy atom. The highest BCUT2D eigenvalue weighted by molar-refractivity contribution is 9.10. The van der Waals surface area contributed by atoms with Gasteiger partial charge in [-0.15, -0.1) is 0 Å². The fourth-order valence-electron chi connectivity index (χ4n) is 1.77. The monoisotopic (exact) mass is 357 g/mol. The van der Waals surface area contributed by atoms with Crippen LogP contribution in [0.15, 0.2) is 27.1 Å². The lowest BCUT2D eigenvalue weighted by Crippen LogP contribution is -2.04. The van der Waals surface area contributed by atoms with E-state index in [9.17, 15) is 0 Å². The average Bonchev–Trinajstić information content (AvgIpc) is 2.45. The van der Waals surface area contributed by atoms with Gasteiger partial charge in [-0.25, -0.2) is 0 Å². The summed E-state index contributed by atoms with van der Waals surface area (Å²) in [5.74, 6) is 0. The lowest BCUT2D eigenvalue weighted by Gasteiger charge is -2.06. The Bertz CT molecular complexity index is 541. The van der Waals surface area contributed by atoms with Crippen LogP contribution in [0.25, 0.3) is 0 Å². The molecule has 2 rings (SSSR count). The van der Waals surface area contributed by atoms with E-state index in [4.69, 9.17) is 5.73 Å². The van der Waals surface area contributed by atoms with E-state index in [-0.39, 0.29) is 0 Å². The highest BCUT2D eigenvalue weighted by Gasteiger charge is 2.09. The van der Waals surface area contributed by atoms with Crippen molar-refractivity contribution >= 4 is 37.5 Å². The molecule has 0 atom stereocenters. The first-order valence-corrected chi connectivity index (χ1v) is 6.80. The van der Waals surface area contributed by atoms with Gasteiger partial charge < -0.3 is 5.73 Å². The van der Waals surface area contributed by atoms with Gasteiger partial charge in [-0.1, -0.05) is 15.9 Å². The van der Waals surface area contributed by atoms with E-state index in [0.717, 1.165) is 38.1 Å². The molecule has 2 N–H and O–H groups in total. The summed E-state index contributed by atoms with van der Waals surface area (Å²) >= 11 is 6.97. The normalized spacial score (nSPS) is 10.8. The number of nitrogens with zero attached hydrogens (tertiary/aromatic N) is 2. The number of aryl methyl sites for hydroxylation is 1. The second-order valence-corrected chi connectivity index (χ2v) is 5.74. The number of benzene rings is 1. The first-order valence-electron chi connectivity index (χ1n) is 5.22. The molecular weight excluding hydrogens is 346 g/mol. The third kappa shape index (κ3) is 2.72. The van der Waals surface area contributed by atoms with Gasteiger partial charge in [0.25, 0.3) is 0 Å². The zero-order chi connectivity index (χ0) is 12.6. The van der Waals surface area contributed by atoms with Crippen LogP contribution >= 0.6 is 31.9 Å². The number of halogens is 2. The molecule has 1 aromatic carbocycles. The first-order chi connectivity index (χ1) is 7.97. The number of aromatic nitrogens is 2. The lowest BCUT2D eigenvalue weighted by atomic mass is 10.2. The number of anilines is 1. The summed E-state index contributed by atoms with van der Waals surface area (Å²) in [6, 6.07) is 5.91. The van der Waals surface area contributed by atoms with Crippen molar-refractivity contribution in [3.8, 4) is 0 Å². The van der Waals surface area contributed by atoms with Crippen molar-refractivity contribution < 1.29 is 0 Å². The van der Waals surface area contributed by atoms with E-state index < -0.39 is 0 Å². The largest absolute Gasteiger partial charge is 0.399 e. The number of nitrogens with two attached hydrogens (primary N) is 1. The van der Waals surface area contributed by atoms with Crippen molar-refractivity contribution in [3.63, 3.8) is 0 Å². The Morgan fingerprint density at radius 1 is 1.24 bits per heavy atom. The molecule has 2 aromatic rings. The molecule has 0 aliphatic heterocycles. The van der Waals surface area contributed by atoms with Crippen LogP contribution in [0.5, 0.6) is 0 Å². The summed E-state index contributed by atoms with van der Waals surface area (Å²) < 4.78 is 4.04. The van der Waals surface area contributed by atoms with Gasteiger partial charge in [0.05, 0.1) is 22.4 Å². The lowest BCUT2D eigenvalue weighted by molar-refractivity contribution is 0.658. The molecule has 5 heteroatoms. The molecule has 0 amide bonds. The van der Waals surface area contributed by atoms with Gasteiger partial charge in [-0.05, 0) is 53.5 Å². The highest BCUT2D eigenvalue weighted by Crippen LogP contribution is 2.22. The molecule has 0 aliphatic rings. The van der Waals surface area contributed by atoms with Crippen molar-refractivity contribution in [1.82, 2.24) is 9.78 Å². The third-order valence-electron chi connectivity index (χ3n) is 2.61. The second-order valence-electron chi connectivity index (χ2n) is 4.04. The molecule has 0 saturated heterocycles. The molecule has 90 valence electrons. The summed E-state index contributed by atoms with van der Waals surface area (Å²) in [6.45, 7) is 4.76. The van der Waals surface area contributed by atoms with Crippen molar-refractivity contribution in [3.05, 3.63) is 44.1 Å².